The number of rotatable bonds is 6. The van der Waals surface area contributed by atoms with E-state index in [9.17, 15) is 9.90 Å². The summed E-state index contributed by atoms with van der Waals surface area (Å²) in [5, 5.41) is 19.5. The molecule has 0 bridgehead atoms. The number of aliphatic hydroxyl groups excluding tert-OH is 1. The van der Waals surface area contributed by atoms with E-state index in [1.165, 1.54) is 0 Å². The highest BCUT2D eigenvalue weighted by molar-refractivity contribution is 5.92. The van der Waals surface area contributed by atoms with Crippen molar-refractivity contribution in [2.45, 2.75) is 19.4 Å². The Kier molecular flexibility index (Phi) is 4.94. The zero-order valence-corrected chi connectivity index (χ0v) is 12.1. The van der Waals surface area contributed by atoms with Crippen LogP contribution in [0.3, 0.4) is 0 Å². The number of ether oxygens (including phenoxy) is 1. The predicted molar refractivity (Wildman–Crippen MR) is 78.3 cm³/mol. The van der Waals surface area contributed by atoms with Crippen molar-refractivity contribution < 1.29 is 14.6 Å². The van der Waals surface area contributed by atoms with Gasteiger partial charge in [0.1, 0.15) is 11.4 Å². The number of nitrogens with one attached hydrogen (secondary N) is 2. The average molecular weight is 289 g/mol. The molecule has 0 fully saturated rings. The van der Waals surface area contributed by atoms with Crippen LogP contribution in [0.4, 0.5) is 0 Å². The quantitative estimate of drug-likeness (QED) is 0.751. The van der Waals surface area contributed by atoms with E-state index in [4.69, 9.17) is 4.74 Å². The molecular weight excluding hydrogens is 270 g/mol. The number of aliphatic hydroxyl groups is 1. The molecule has 0 saturated heterocycles. The number of methoxy groups -OCH3 is 1. The van der Waals surface area contributed by atoms with Crippen LogP contribution in [0.25, 0.3) is 0 Å². The second-order valence-corrected chi connectivity index (χ2v) is 4.63. The summed E-state index contributed by atoms with van der Waals surface area (Å²) in [5.41, 5.74) is 1.91. The third-order valence-corrected chi connectivity index (χ3v) is 3.18. The fraction of sp³-hybridized carbons (Fsp3) is 0.333. The molecule has 3 N–H and O–H groups in total. The van der Waals surface area contributed by atoms with E-state index >= 15 is 0 Å². The van der Waals surface area contributed by atoms with E-state index in [0.717, 1.165) is 12.1 Å². The summed E-state index contributed by atoms with van der Waals surface area (Å²) in [6.07, 6.45) is -0.0131. The lowest BCUT2D eigenvalue weighted by molar-refractivity contribution is 0.0911. The first-order chi connectivity index (χ1) is 10.1. The van der Waals surface area contributed by atoms with Gasteiger partial charge in [-0.25, -0.2) is 0 Å². The number of amides is 1. The lowest BCUT2D eigenvalue weighted by Crippen LogP contribution is -2.28. The minimum Gasteiger partial charge on any atom is -0.497 e. The molecule has 2 aromatic rings. The molecule has 0 aliphatic carbocycles. The Labute approximate surface area is 123 Å². The van der Waals surface area contributed by atoms with Crippen molar-refractivity contribution in [3.05, 3.63) is 47.3 Å². The number of hydrogen-bond donors (Lipinski definition) is 3. The number of benzene rings is 1. The second kappa shape index (κ2) is 6.90. The number of aromatic amines is 1. The van der Waals surface area contributed by atoms with Gasteiger partial charge < -0.3 is 15.2 Å². The van der Waals surface area contributed by atoms with Gasteiger partial charge in [0, 0.05) is 12.2 Å². The molecule has 0 radical (unpaired) electrons. The monoisotopic (exact) mass is 289 g/mol. The highest BCUT2D eigenvalue weighted by atomic mass is 16.5. The average Bonchev–Trinajstić information content (AvgIpc) is 3.01. The molecular formula is C15H19N3O3. The first kappa shape index (κ1) is 15.1. The minimum absolute atomic E-state index is 0.111. The van der Waals surface area contributed by atoms with E-state index in [1.807, 2.05) is 6.92 Å². The number of aryl methyl sites for hydroxylation is 1. The Morgan fingerprint density at radius 3 is 2.95 bits per heavy atom. The molecule has 1 atom stereocenters. The molecule has 6 nitrogen and oxygen atoms in total. The molecule has 21 heavy (non-hydrogen) atoms. The predicted octanol–water partition coefficient (Wildman–Crippen LogP) is 1.44. The van der Waals surface area contributed by atoms with Gasteiger partial charge in [-0.15, -0.1) is 0 Å². The van der Waals surface area contributed by atoms with Gasteiger partial charge in [0.25, 0.3) is 5.91 Å². The maximum absolute atomic E-state index is 11.9. The highest BCUT2D eigenvalue weighted by Gasteiger charge is 2.13. The van der Waals surface area contributed by atoms with Gasteiger partial charge >= 0.3 is 0 Å². The molecule has 6 heteroatoms. The zero-order chi connectivity index (χ0) is 15.2. The van der Waals surface area contributed by atoms with E-state index in [0.29, 0.717) is 17.0 Å². The Bertz CT molecular complexity index is 610. The maximum Gasteiger partial charge on any atom is 0.271 e. The van der Waals surface area contributed by atoms with Crippen LogP contribution in [0, 0.1) is 0 Å². The molecule has 1 aromatic heterocycles. The van der Waals surface area contributed by atoms with Crippen molar-refractivity contribution in [3.8, 4) is 5.75 Å². The van der Waals surface area contributed by atoms with E-state index in [-0.39, 0.29) is 12.5 Å². The van der Waals surface area contributed by atoms with Crippen molar-refractivity contribution in [1.29, 1.82) is 0 Å². The van der Waals surface area contributed by atoms with Crippen LogP contribution >= 0.6 is 0 Å². The molecule has 0 aliphatic rings. The third kappa shape index (κ3) is 3.82. The summed E-state index contributed by atoms with van der Waals surface area (Å²) in [6.45, 7) is 2.09. The second-order valence-electron chi connectivity index (χ2n) is 4.63. The number of nitrogens with zero attached hydrogens (tertiary/aromatic N) is 1. The van der Waals surface area contributed by atoms with Crippen molar-refractivity contribution in [1.82, 2.24) is 15.5 Å². The molecule has 0 spiro atoms. The molecule has 112 valence electrons. The largest absolute Gasteiger partial charge is 0.497 e. The molecule has 1 unspecified atom stereocenters. The Morgan fingerprint density at radius 1 is 1.48 bits per heavy atom. The third-order valence-electron chi connectivity index (χ3n) is 3.18. The smallest absolute Gasteiger partial charge is 0.271 e. The summed E-state index contributed by atoms with van der Waals surface area (Å²) >= 11 is 0. The molecule has 1 amide bonds. The first-order valence-corrected chi connectivity index (χ1v) is 6.78. The van der Waals surface area contributed by atoms with Crippen LogP contribution in [-0.4, -0.2) is 34.9 Å². The molecule has 1 aromatic carbocycles. The van der Waals surface area contributed by atoms with Gasteiger partial charge in [-0.3, -0.25) is 9.89 Å². The summed E-state index contributed by atoms with van der Waals surface area (Å²) in [6, 6.07) is 8.81. The van der Waals surface area contributed by atoms with Crippen LogP contribution in [0.2, 0.25) is 0 Å². The van der Waals surface area contributed by atoms with Crippen LogP contribution in [0.1, 0.15) is 34.8 Å². The number of aromatic nitrogens is 2. The van der Waals surface area contributed by atoms with Crippen molar-refractivity contribution >= 4 is 5.91 Å². The lowest BCUT2D eigenvalue weighted by Gasteiger charge is -2.12. The number of hydrogen-bond acceptors (Lipinski definition) is 4. The normalized spacial score (nSPS) is 12.0. The van der Waals surface area contributed by atoms with Crippen LogP contribution in [0.5, 0.6) is 5.75 Å². The number of H-pyrrole nitrogens is 1. The van der Waals surface area contributed by atoms with Crippen molar-refractivity contribution in [2.24, 2.45) is 0 Å². The van der Waals surface area contributed by atoms with E-state index in [1.54, 1.807) is 37.4 Å². The van der Waals surface area contributed by atoms with Crippen molar-refractivity contribution in [3.63, 3.8) is 0 Å². The fourth-order valence-corrected chi connectivity index (χ4v) is 1.91. The maximum atomic E-state index is 11.9. The molecule has 0 aliphatic heterocycles. The lowest BCUT2D eigenvalue weighted by atomic mass is 10.1. The summed E-state index contributed by atoms with van der Waals surface area (Å²) in [4.78, 5) is 11.9. The van der Waals surface area contributed by atoms with Gasteiger partial charge in [0.15, 0.2) is 0 Å². The summed E-state index contributed by atoms with van der Waals surface area (Å²) < 4.78 is 5.10. The highest BCUT2D eigenvalue weighted by Crippen LogP contribution is 2.18. The number of carbonyl (C=O) groups excluding carboxylic acids is 1. The fourth-order valence-electron chi connectivity index (χ4n) is 1.91. The minimum atomic E-state index is -0.798. The topological polar surface area (TPSA) is 87.2 Å². The molecule has 1 heterocycles. The Balaban J connectivity index is 1.93. The van der Waals surface area contributed by atoms with E-state index in [2.05, 4.69) is 15.5 Å². The van der Waals surface area contributed by atoms with Gasteiger partial charge in [0.2, 0.25) is 0 Å². The standard InChI is InChI=1S/C15H19N3O3/c1-3-11-8-13(18-17-11)15(20)16-9-14(19)10-5-4-6-12(7-10)21-2/h4-8,14,19H,3,9H2,1-2H3,(H,16,20)(H,17,18). The van der Waals surface area contributed by atoms with Gasteiger partial charge in [-0.05, 0) is 30.2 Å². The summed E-state index contributed by atoms with van der Waals surface area (Å²) in [5.74, 6) is 0.352. The van der Waals surface area contributed by atoms with Crippen LogP contribution in [-0.2, 0) is 6.42 Å². The van der Waals surface area contributed by atoms with Crippen molar-refractivity contribution in [2.75, 3.05) is 13.7 Å². The first-order valence-electron chi connectivity index (χ1n) is 6.78. The zero-order valence-electron chi connectivity index (χ0n) is 12.1. The summed E-state index contributed by atoms with van der Waals surface area (Å²) in [7, 11) is 1.57. The Morgan fingerprint density at radius 2 is 2.29 bits per heavy atom. The van der Waals surface area contributed by atoms with Gasteiger partial charge in [-0.2, -0.15) is 5.10 Å². The van der Waals surface area contributed by atoms with Crippen LogP contribution in [0.15, 0.2) is 30.3 Å². The van der Waals surface area contributed by atoms with Crippen LogP contribution < -0.4 is 10.1 Å². The SMILES string of the molecule is CCc1cc(C(=O)NCC(O)c2cccc(OC)c2)n[nH]1. The molecule has 2 rings (SSSR count). The molecule has 0 saturated carbocycles. The van der Waals surface area contributed by atoms with Gasteiger partial charge in [0.05, 0.1) is 13.2 Å². The van der Waals surface area contributed by atoms with Gasteiger partial charge in [-0.1, -0.05) is 19.1 Å². The Hall–Kier alpha value is -2.34. The number of carbonyl (C=O) groups is 1. The van der Waals surface area contributed by atoms with E-state index < -0.39 is 6.10 Å².